The van der Waals surface area contributed by atoms with E-state index in [-0.39, 0.29) is 5.25 Å². The lowest BCUT2D eigenvalue weighted by molar-refractivity contribution is 0.586. The Morgan fingerprint density at radius 2 is 1.86 bits per heavy atom. The van der Waals surface area contributed by atoms with Crippen molar-refractivity contribution in [3.05, 3.63) is 23.8 Å². The Kier molecular flexibility index (Phi) is 3.27. The van der Waals surface area contributed by atoms with Crippen LogP contribution in [0.3, 0.4) is 0 Å². The summed E-state index contributed by atoms with van der Waals surface area (Å²) in [6.07, 6.45) is 0. The van der Waals surface area contributed by atoms with Gasteiger partial charge in [-0.05, 0) is 44.5 Å². The van der Waals surface area contributed by atoms with Gasteiger partial charge in [-0.15, -0.1) is 12.6 Å². The molecule has 1 rings (SSSR count). The first kappa shape index (κ1) is 11.6. The van der Waals surface area contributed by atoms with Crippen molar-refractivity contribution in [2.45, 2.75) is 35.8 Å². The molecule has 0 N–H and O–H groups in total. The maximum atomic E-state index is 11.8. The van der Waals surface area contributed by atoms with Crippen LogP contribution in [0.25, 0.3) is 0 Å². The van der Waals surface area contributed by atoms with E-state index in [1.54, 1.807) is 39.0 Å². The Morgan fingerprint density at radius 1 is 1.29 bits per heavy atom. The van der Waals surface area contributed by atoms with E-state index in [2.05, 4.69) is 12.6 Å². The van der Waals surface area contributed by atoms with Crippen molar-refractivity contribution in [1.82, 2.24) is 0 Å². The van der Waals surface area contributed by atoms with Gasteiger partial charge in [0.2, 0.25) is 0 Å². The molecule has 0 aliphatic carbocycles. The molecule has 1 aromatic carbocycles. The summed E-state index contributed by atoms with van der Waals surface area (Å²) in [5.74, 6) is 0. The highest BCUT2D eigenvalue weighted by Crippen LogP contribution is 2.22. The molecule has 0 aliphatic heterocycles. The molecule has 0 spiro atoms. The topological polar surface area (TPSA) is 34.1 Å². The summed E-state index contributed by atoms with van der Waals surface area (Å²) in [4.78, 5) is 1.19. The van der Waals surface area contributed by atoms with Crippen LogP contribution in [-0.2, 0) is 9.84 Å². The molecule has 0 radical (unpaired) electrons. The highest BCUT2D eigenvalue weighted by molar-refractivity contribution is 7.92. The zero-order valence-electron chi connectivity index (χ0n) is 8.48. The number of sulfone groups is 1. The number of aryl methyl sites for hydroxylation is 1. The maximum Gasteiger partial charge on any atom is 0.180 e. The molecule has 0 bridgehead atoms. The molecule has 0 fully saturated rings. The van der Waals surface area contributed by atoms with Crippen molar-refractivity contribution in [1.29, 1.82) is 0 Å². The Morgan fingerprint density at radius 3 is 2.29 bits per heavy atom. The number of benzene rings is 1. The van der Waals surface area contributed by atoms with Gasteiger partial charge in [-0.3, -0.25) is 0 Å². The van der Waals surface area contributed by atoms with Gasteiger partial charge in [0, 0.05) is 4.90 Å². The lowest BCUT2D eigenvalue weighted by atomic mass is 10.2. The van der Waals surface area contributed by atoms with Crippen molar-refractivity contribution < 1.29 is 8.42 Å². The van der Waals surface area contributed by atoms with Crippen molar-refractivity contribution in [3.63, 3.8) is 0 Å². The van der Waals surface area contributed by atoms with Gasteiger partial charge in [0.05, 0.1) is 10.1 Å². The van der Waals surface area contributed by atoms with E-state index in [0.29, 0.717) is 4.90 Å². The Balaban J connectivity index is 3.35. The maximum absolute atomic E-state index is 11.8. The predicted octanol–water partition coefficient (Wildman–Crippen LogP) is 2.47. The smallest absolute Gasteiger partial charge is 0.180 e. The second kappa shape index (κ2) is 3.95. The van der Waals surface area contributed by atoms with Gasteiger partial charge in [0.1, 0.15) is 0 Å². The van der Waals surface area contributed by atoms with Crippen LogP contribution in [0.2, 0.25) is 0 Å². The van der Waals surface area contributed by atoms with E-state index in [4.69, 9.17) is 0 Å². The van der Waals surface area contributed by atoms with E-state index < -0.39 is 9.84 Å². The van der Waals surface area contributed by atoms with E-state index in [1.165, 1.54) is 0 Å². The van der Waals surface area contributed by atoms with Gasteiger partial charge in [0.15, 0.2) is 9.84 Å². The summed E-state index contributed by atoms with van der Waals surface area (Å²) in [5, 5.41) is -0.382. The van der Waals surface area contributed by atoms with E-state index in [0.717, 1.165) is 10.5 Å². The molecule has 14 heavy (non-hydrogen) atoms. The summed E-state index contributed by atoms with van der Waals surface area (Å²) >= 11 is 4.15. The van der Waals surface area contributed by atoms with E-state index in [9.17, 15) is 8.42 Å². The third kappa shape index (κ3) is 2.12. The predicted molar refractivity (Wildman–Crippen MR) is 60.8 cm³/mol. The molecule has 0 aromatic heterocycles. The largest absolute Gasteiger partial charge is 0.223 e. The highest BCUT2D eigenvalue weighted by atomic mass is 32.2. The fourth-order valence-corrected chi connectivity index (χ4v) is 2.75. The van der Waals surface area contributed by atoms with Crippen molar-refractivity contribution in [3.8, 4) is 0 Å². The van der Waals surface area contributed by atoms with Crippen LogP contribution in [-0.4, -0.2) is 13.7 Å². The third-order valence-corrected chi connectivity index (χ3v) is 4.68. The van der Waals surface area contributed by atoms with E-state index in [1.807, 2.05) is 0 Å². The first-order valence-electron chi connectivity index (χ1n) is 4.39. The molecular formula is C10H14O2S2. The fraction of sp³-hybridized carbons (Fsp3) is 0.400. The highest BCUT2D eigenvalue weighted by Gasteiger charge is 2.20. The Bertz CT molecular complexity index is 433. The first-order valence-corrected chi connectivity index (χ1v) is 6.38. The Labute approximate surface area is 90.7 Å². The molecule has 0 heterocycles. The molecule has 0 aliphatic rings. The lowest BCUT2D eigenvalue weighted by Crippen LogP contribution is -2.15. The van der Waals surface area contributed by atoms with E-state index >= 15 is 0 Å². The third-order valence-electron chi connectivity index (χ3n) is 2.09. The second-order valence-corrected chi connectivity index (χ2v) is 6.53. The van der Waals surface area contributed by atoms with Gasteiger partial charge >= 0.3 is 0 Å². The molecule has 0 atom stereocenters. The van der Waals surface area contributed by atoms with Gasteiger partial charge < -0.3 is 0 Å². The van der Waals surface area contributed by atoms with Crippen molar-refractivity contribution in [2.24, 2.45) is 0 Å². The quantitative estimate of drug-likeness (QED) is 0.792. The monoisotopic (exact) mass is 230 g/mol. The first-order chi connectivity index (χ1) is 6.35. The molecule has 1 aromatic rings. The average Bonchev–Trinajstić information content (AvgIpc) is 2.02. The number of rotatable bonds is 2. The van der Waals surface area contributed by atoms with Gasteiger partial charge in [-0.25, -0.2) is 8.42 Å². The Hall–Kier alpha value is -0.480. The SMILES string of the molecule is Cc1cc(S)ccc1S(=O)(=O)C(C)C. The van der Waals surface area contributed by atoms with Gasteiger partial charge in [-0.1, -0.05) is 0 Å². The molecule has 4 heteroatoms. The van der Waals surface area contributed by atoms with Crippen LogP contribution >= 0.6 is 12.6 Å². The second-order valence-electron chi connectivity index (χ2n) is 3.54. The number of thiol groups is 1. The molecule has 2 nitrogen and oxygen atoms in total. The normalized spacial score (nSPS) is 12.1. The van der Waals surface area contributed by atoms with Crippen LogP contribution in [0.4, 0.5) is 0 Å². The standard InChI is InChI=1S/C10H14O2S2/c1-7(2)14(11,12)10-5-4-9(13)6-8(10)3/h4-7,13H,1-3H3. The van der Waals surface area contributed by atoms with Crippen LogP contribution in [0.5, 0.6) is 0 Å². The number of hydrogen-bond donors (Lipinski definition) is 1. The fourth-order valence-electron chi connectivity index (χ4n) is 1.21. The summed E-state index contributed by atoms with van der Waals surface area (Å²) in [6, 6.07) is 5.08. The molecular weight excluding hydrogens is 216 g/mol. The average molecular weight is 230 g/mol. The van der Waals surface area contributed by atoms with Crippen molar-refractivity contribution >= 4 is 22.5 Å². The van der Waals surface area contributed by atoms with Crippen LogP contribution in [0.15, 0.2) is 28.0 Å². The molecule has 78 valence electrons. The molecule has 0 unspecified atom stereocenters. The number of hydrogen-bond acceptors (Lipinski definition) is 3. The summed E-state index contributed by atoms with van der Waals surface area (Å²) in [7, 11) is -3.16. The minimum absolute atomic E-state index is 0.382. The van der Waals surface area contributed by atoms with Gasteiger partial charge in [0.25, 0.3) is 0 Å². The van der Waals surface area contributed by atoms with Crippen LogP contribution in [0, 0.1) is 6.92 Å². The minimum atomic E-state index is -3.16. The molecule has 0 saturated carbocycles. The molecule has 0 saturated heterocycles. The minimum Gasteiger partial charge on any atom is -0.223 e. The molecule has 0 amide bonds. The van der Waals surface area contributed by atoms with Crippen LogP contribution < -0.4 is 0 Å². The van der Waals surface area contributed by atoms with Crippen molar-refractivity contribution in [2.75, 3.05) is 0 Å². The van der Waals surface area contributed by atoms with Gasteiger partial charge in [-0.2, -0.15) is 0 Å². The van der Waals surface area contributed by atoms with Crippen LogP contribution in [0.1, 0.15) is 19.4 Å². The summed E-state index contributed by atoms with van der Waals surface area (Å²) < 4.78 is 23.7. The summed E-state index contributed by atoms with van der Waals surface area (Å²) in [6.45, 7) is 5.15. The lowest BCUT2D eigenvalue weighted by Gasteiger charge is -2.10. The summed E-state index contributed by atoms with van der Waals surface area (Å²) in [5.41, 5.74) is 0.756. The zero-order valence-corrected chi connectivity index (χ0v) is 10.2. The zero-order chi connectivity index (χ0) is 10.9.